The molecule has 0 aliphatic heterocycles. The molecule has 7 heteroatoms. The molecule has 21 heavy (non-hydrogen) atoms. The van der Waals surface area contributed by atoms with Gasteiger partial charge in [-0.3, -0.25) is 9.78 Å². The van der Waals surface area contributed by atoms with Crippen LogP contribution in [0.3, 0.4) is 0 Å². The zero-order chi connectivity index (χ0) is 15.2. The van der Waals surface area contributed by atoms with E-state index in [1.165, 1.54) is 30.5 Å². The van der Waals surface area contributed by atoms with Crippen LogP contribution in [0.2, 0.25) is 0 Å². The third-order valence-electron chi connectivity index (χ3n) is 2.60. The van der Waals surface area contributed by atoms with Gasteiger partial charge in [0.15, 0.2) is 0 Å². The lowest BCUT2D eigenvalue weighted by Crippen LogP contribution is -2.13. The van der Waals surface area contributed by atoms with Crippen LogP contribution in [0.15, 0.2) is 42.6 Å². The van der Waals surface area contributed by atoms with E-state index in [1.807, 2.05) is 0 Å². The molecule has 5 nitrogen and oxygen atoms in total. The molecular weight excluding hydrogens is 280 g/mol. The first kappa shape index (κ1) is 14.9. The molecule has 0 fully saturated rings. The minimum absolute atomic E-state index is 0.0276. The fourth-order valence-corrected chi connectivity index (χ4v) is 1.68. The van der Waals surface area contributed by atoms with Crippen molar-refractivity contribution in [2.45, 2.75) is 13.2 Å². The minimum atomic E-state index is -2.91. The third kappa shape index (κ3) is 4.22. The van der Waals surface area contributed by atoms with Crippen LogP contribution < -0.4 is 15.8 Å². The van der Waals surface area contributed by atoms with Crippen molar-refractivity contribution in [3.8, 4) is 5.75 Å². The summed E-state index contributed by atoms with van der Waals surface area (Å²) >= 11 is 0. The monoisotopic (exact) mass is 293 g/mol. The zero-order valence-electron chi connectivity index (χ0n) is 10.9. The molecule has 0 spiro atoms. The standard InChI is InChI=1S/C14H13F2N3O2/c15-14(16)21-12-3-1-2-10(7-12)19-13(20)9-4-5-18-11(6-9)8-17/h1-7,14H,8,17H2,(H,19,20). The Morgan fingerprint density at radius 3 is 2.86 bits per heavy atom. The smallest absolute Gasteiger partial charge is 0.387 e. The maximum Gasteiger partial charge on any atom is 0.387 e. The molecule has 1 aromatic heterocycles. The summed E-state index contributed by atoms with van der Waals surface area (Å²) in [4.78, 5) is 16.0. The number of halogens is 2. The summed E-state index contributed by atoms with van der Waals surface area (Å²) in [6, 6.07) is 8.87. The Bertz CT molecular complexity index is 635. The van der Waals surface area contributed by atoms with Gasteiger partial charge in [-0.2, -0.15) is 8.78 Å². The number of aromatic nitrogens is 1. The van der Waals surface area contributed by atoms with Gasteiger partial charge in [-0.15, -0.1) is 0 Å². The van der Waals surface area contributed by atoms with E-state index >= 15 is 0 Å². The quantitative estimate of drug-likeness (QED) is 0.887. The van der Waals surface area contributed by atoms with Crippen LogP contribution in [0, 0.1) is 0 Å². The van der Waals surface area contributed by atoms with Crippen LogP contribution in [0.5, 0.6) is 5.75 Å². The Morgan fingerprint density at radius 1 is 1.33 bits per heavy atom. The number of hydrogen-bond donors (Lipinski definition) is 2. The van der Waals surface area contributed by atoms with Crippen molar-refractivity contribution in [1.29, 1.82) is 0 Å². The number of amides is 1. The van der Waals surface area contributed by atoms with Gasteiger partial charge in [-0.05, 0) is 24.3 Å². The van der Waals surface area contributed by atoms with E-state index in [2.05, 4.69) is 15.0 Å². The van der Waals surface area contributed by atoms with Crippen LogP contribution in [0.25, 0.3) is 0 Å². The Hall–Kier alpha value is -2.54. The molecule has 0 unspecified atom stereocenters. The SMILES string of the molecule is NCc1cc(C(=O)Nc2cccc(OC(F)F)c2)ccn1. The number of rotatable bonds is 5. The van der Waals surface area contributed by atoms with Gasteiger partial charge in [0.2, 0.25) is 0 Å². The predicted molar refractivity (Wildman–Crippen MR) is 73.2 cm³/mol. The number of nitrogens with zero attached hydrogens (tertiary/aromatic N) is 1. The van der Waals surface area contributed by atoms with Gasteiger partial charge >= 0.3 is 6.61 Å². The van der Waals surface area contributed by atoms with Crippen LogP contribution in [0.1, 0.15) is 16.1 Å². The second kappa shape index (κ2) is 6.76. The van der Waals surface area contributed by atoms with E-state index in [0.717, 1.165) is 0 Å². The first-order valence-electron chi connectivity index (χ1n) is 6.09. The molecule has 0 radical (unpaired) electrons. The number of hydrogen-bond acceptors (Lipinski definition) is 4. The van der Waals surface area contributed by atoms with Crippen molar-refractivity contribution in [2.75, 3.05) is 5.32 Å². The van der Waals surface area contributed by atoms with Crippen molar-refractivity contribution in [3.63, 3.8) is 0 Å². The van der Waals surface area contributed by atoms with Gasteiger partial charge in [0.05, 0.1) is 5.69 Å². The van der Waals surface area contributed by atoms with Crippen LogP contribution in [0.4, 0.5) is 14.5 Å². The maximum atomic E-state index is 12.1. The maximum absolute atomic E-state index is 12.1. The molecule has 2 rings (SSSR count). The molecule has 1 amide bonds. The average Bonchev–Trinajstić information content (AvgIpc) is 2.47. The van der Waals surface area contributed by atoms with Gasteiger partial charge in [0.25, 0.3) is 5.91 Å². The normalized spacial score (nSPS) is 10.5. The highest BCUT2D eigenvalue weighted by molar-refractivity contribution is 6.04. The Kier molecular flexibility index (Phi) is 4.78. The molecule has 110 valence electrons. The average molecular weight is 293 g/mol. The topological polar surface area (TPSA) is 77.2 Å². The highest BCUT2D eigenvalue weighted by Crippen LogP contribution is 2.19. The van der Waals surface area contributed by atoms with Gasteiger partial charge in [-0.1, -0.05) is 6.07 Å². The number of carbonyl (C=O) groups excluding carboxylic acids is 1. The Morgan fingerprint density at radius 2 is 2.14 bits per heavy atom. The van der Waals surface area contributed by atoms with Crippen molar-refractivity contribution in [3.05, 3.63) is 53.9 Å². The van der Waals surface area contributed by atoms with Crippen molar-refractivity contribution in [1.82, 2.24) is 4.98 Å². The molecular formula is C14H13F2N3O2. The summed E-state index contributed by atoms with van der Waals surface area (Å²) in [5.41, 5.74) is 6.77. The van der Waals surface area contributed by atoms with Gasteiger partial charge < -0.3 is 15.8 Å². The zero-order valence-corrected chi connectivity index (χ0v) is 10.9. The second-order valence-electron chi connectivity index (χ2n) is 4.10. The Labute approximate surface area is 119 Å². The van der Waals surface area contributed by atoms with E-state index in [4.69, 9.17) is 5.73 Å². The summed E-state index contributed by atoms with van der Waals surface area (Å²) in [6.07, 6.45) is 1.48. The minimum Gasteiger partial charge on any atom is -0.435 e. The van der Waals surface area contributed by atoms with Crippen molar-refractivity contribution < 1.29 is 18.3 Å². The van der Waals surface area contributed by atoms with E-state index in [-0.39, 0.29) is 18.2 Å². The lowest BCUT2D eigenvalue weighted by Gasteiger charge is -2.08. The van der Waals surface area contributed by atoms with Gasteiger partial charge in [-0.25, -0.2) is 0 Å². The molecule has 0 saturated heterocycles. The number of benzene rings is 1. The summed E-state index contributed by atoms with van der Waals surface area (Å²) in [6.45, 7) is -2.69. The highest BCUT2D eigenvalue weighted by atomic mass is 19.3. The molecule has 0 aliphatic rings. The molecule has 0 aliphatic carbocycles. The largest absolute Gasteiger partial charge is 0.435 e. The number of pyridine rings is 1. The van der Waals surface area contributed by atoms with E-state index in [9.17, 15) is 13.6 Å². The van der Waals surface area contributed by atoms with Crippen molar-refractivity contribution >= 4 is 11.6 Å². The number of nitrogens with two attached hydrogens (primary N) is 1. The lowest BCUT2D eigenvalue weighted by molar-refractivity contribution is -0.0497. The van der Waals surface area contributed by atoms with Crippen LogP contribution in [-0.4, -0.2) is 17.5 Å². The molecule has 0 saturated carbocycles. The Balaban J connectivity index is 2.11. The first-order chi connectivity index (χ1) is 10.1. The molecule has 1 heterocycles. The second-order valence-corrected chi connectivity index (χ2v) is 4.10. The van der Waals surface area contributed by atoms with Gasteiger partial charge in [0.1, 0.15) is 5.75 Å². The van der Waals surface area contributed by atoms with Crippen LogP contribution >= 0.6 is 0 Å². The van der Waals surface area contributed by atoms with E-state index < -0.39 is 6.61 Å². The number of alkyl halides is 2. The summed E-state index contributed by atoms with van der Waals surface area (Å²) in [5, 5.41) is 2.59. The molecule has 0 atom stereocenters. The fraction of sp³-hybridized carbons (Fsp3) is 0.143. The molecule has 1 aromatic carbocycles. The van der Waals surface area contributed by atoms with Crippen LogP contribution in [-0.2, 0) is 6.54 Å². The lowest BCUT2D eigenvalue weighted by atomic mass is 10.2. The van der Waals surface area contributed by atoms with Crippen molar-refractivity contribution in [2.24, 2.45) is 5.73 Å². The third-order valence-corrected chi connectivity index (χ3v) is 2.60. The number of ether oxygens (including phenoxy) is 1. The molecule has 2 aromatic rings. The number of anilines is 1. The summed E-state index contributed by atoms with van der Waals surface area (Å²) in [5.74, 6) is -0.415. The van der Waals surface area contributed by atoms with E-state index in [1.54, 1.807) is 12.1 Å². The van der Waals surface area contributed by atoms with Gasteiger partial charge in [0, 0.05) is 30.1 Å². The molecule has 3 N–H and O–H groups in total. The highest BCUT2D eigenvalue weighted by Gasteiger charge is 2.09. The summed E-state index contributed by atoms with van der Waals surface area (Å²) < 4.78 is 28.5. The number of nitrogens with one attached hydrogen (secondary N) is 1. The first-order valence-corrected chi connectivity index (χ1v) is 6.09. The molecule has 0 bridgehead atoms. The fourth-order valence-electron chi connectivity index (χ4n) is 1.68. The van der Waals surface area contributed by atoms with E-state index in [0.29, 0.717) is 16.9 Å². The number of carbonyl (C=O) groups is 1. The predicted octanol–water partition coefficient (Wildman–Crippen LogP) is 2.39. The summed E-state index contributed by atoms with van der Waals surface area (Å²) in [7, 11) is 0.